The van der Waals surface area contributed by atoms with Gasteiger partial charge in [-0.3, -0.25) is 5.32 Å². The normalized spacial score (nSPS) is 13.3. The summed E-state index contributed by atoms with van der Waals surface area (Å²) < 4.78 is 0. The summed E-state index contributed by atoms with van der Waals surface area (Å²) in [6, 6.07) is 9.87. The van der Waals surface area contributed by atoms with E-state index in [1.54, 1.807) is 0 Å². The molecule has 1 aromatic rings. The molecule has 0 fully saturated rings. The Bertz CT molecular complexity index is 221. The van der Waals surface area contributed by atoms with Crippen LogP contribution in [0.1, 0.15) is 25.6 Å². The van der Waals surface area contributed by atoms with Crippen molar-refractivity contribution in [3.8, 4) is 0 Å². The van der Waals surface area contributed by atoms with E-state index in [0.717, 1.165) is 5.56 Å². The van der Waals surface area contributed by atoms with Crippen LogP contribution < -0.4 is 5.32 Å². The Morgan fingerprint density at radius 3 is 2.25 bits per heavy atom. The van der Waals surface area contributed by atoms with Gasteiger partial charge in [0.15, 0.2) is 0 Å². The summed E-state index contributed by atoms with van der Waals surface area (Å²) in [6.45, 7) is 4.01. The Labute approximate surface area is 73.2 Å². The molecule has 1 atom stereocenters. The minimum atomic E-state index is -0.550. The van der Waals surface area contributed by atoms with Gasteiger partial charge in [-0.05, 0) is 19.4 Å². The van der Waals surface area contributed by atoms with Crippen LogP contribution in [0, 0.1) is 0 Å². The number of aliphatic hydroxyl groups excluding tert-OH is 1. The molecule has 2 heteroatoms. The monoisotopic (exact) mass is 165 g/mol. The van der Waals surface area contributed by atoms with Crippen molar-refractivity contribution in [3.63, 3.8) is 0 Å². The van der Waals surface area contributed by atoms with E-state index in [2.05, 4.69) is 5.32 Å². The van der Waals surface area contributed by atoms with Crippen molar-refractivity contribution in [1.82, 2.24) is 5.32 Å². The number of hydrogen-bond donors (Lipinski definition) is 2. The Morgan fingerprint density at radius 1 is 1.17 bits per heavy atom. The van der Waals surface area contributed by atoms with Crippen molar-refractivity contribution < 1.29 is 5.11 Å². The molecule has 0 bridgehead atoms. The molecular weight excluding hydrogens is 150 g/mol. The van der Waals surface area contributed by atoms with Gasteiger partial charge in [0.2, 0.25) is 0 Å². The maximum Gasteiger partial charge on any atom is 0.131 e. The smallest absolute Gasteiger partial charge is 0.131 e. The maximum atomic E-state index is 9.58. The molecule has 2 N–H and O–H groups in total. The Hall–Kier alpha value is -0.860. The van der Waals surface area contributed by atoms with Gasteiger partial charge in [0.05, 0.1) is 0 Å². The zero-order valence-electron chi connectivity index (χ0n) is 7.49. The summed E-state index contributed by atoms with van der Waals surface area (Å²) in [5.41, 5.74) is 0.909. The fourth-order valence-corrected chi connectivity index (χ4v) is 1.05. The van der Waals surface area contributed by atoms with Gasteiger partial charge in [-0.1, -0.05) is 30.3 Å². The van der Waals surface area contributed by atoms with E-state index >= 15 is 0 Å². The maximum absolute atomic E-state index is 9.58. The highest BCUT2D eigenvalue weighted by Gasteiger charge is 2.06. The van der Waals surface area contributed by atoms with Crippen LogP contribution in [0.25, 0.3) is 0 Å². The highest BCUT2D eigenvalue weighted by Crippen LogP contribution is 2.08. The molecule has 0 aliphatic carbocycles. The molecule has 2 nitrogen and oxygen atoms in total. The van der Waals surface area contributed by atoms with Crippen molar-refractivity contribution in [1.29, 1.82) is 0 Å². The van der Waals surface area contributed by atoms with Gasteiger partial charge >= 0.3 is 0 Å². The molecule has 1 unspecified atom stereocenters. The van der Waals surface area contributed by atoms with Crippen molar-refractivity contribution >= 4 is 0 Å². The first-order valence-electron chi connectivity index (χ1n) is 4.19. The Morgan fingerprint density at radius 2 is 1.75 bits per heavy atom. The van der Waals surface area contributed by atoms with Gasteiger partial charge < -0.3 is 5.11 Å². The molecule has 0 radical (unpaired) electrons. The van der Waals surface area contributed by atoms with Crippen LogP contribution in [-0.2, 0) is 0 Å². The average Bonchev–Trinajstić information content (AvgIpc) is 2.05. The zero-order chi connectivity index (χ0) is 8.97. The van der Waals surface area contributed by atoms with Crippen molar-refractivity contribution in [2.24, 2.45) is 0 Å². The van der Waals surface area contributed by atoms with Gasteiger partial charge in [0.25, 0.3) is 0 Å². The lowest BCUT2D eigenvalue weighted by atomic mass is 10.2. The summed E-state index contributed by atoms with van der Waals surface area (Å²) in [7, 11) is 0. The van der Waals surface area contributed by atoms with Crippen molar-refractivity contribution in [2.75, 3.05) is 0 Å². The molecule has 0 saturated carbocycles. The minimum absolute atomic E-state index is 0.292. The van der Waals surface area contributed by atoms with Crippen molar-refractivity contribution in [2.45, 2.75) is 26.1 Å². The quantitative estimate of drug-likeness (QED) is 0.668. The molecule has 0 amide bonds. The predicted molar refractivity (Wildman–Crippen MR) is 49.7 cm³/mol. The van der Waals surface area contributed by atoms with E-state index in [9.17, 15) is 5.11 Å². The SMILES string of the molecule is CC(C)NC(O)c1ccccc1. The van der Waals surface area contributed by atoms with Gasteiger partial charge in [-0.25, -0.2) is 0 Å². The van der Waals surface area contributed by atoms with Crippen LogP contribution in [0.2, 0.25) is 0 Å². The van der Waals surface area contributed by atoms with Crippen LogP contribution in [0.15, 0.2) is 30.3 Å². The Kier molecular flexibility index (Phi) is 3.26. The lowest BCUT2D eigenvalue weighted by Gasteiger charge is -2.15. The predicted octanol–water partition coefficient (Wildman–Crippen LogP) is 1.68. The molecule has 0 saturated heterocycles. The molecular formula is C10H15NO. The zero-order valence-corrected chi connectivity index (χ0v) is 7.49. The van der Waals surface area contributed by atoms with Crippen LogP contribution in [0.3, 0.4) is 0 Å². The third kappa shape index (κ3) is 2.64. The van der Waals surface area contributed by atoms with Crippen LogP contribution in [0.4, 0.5) is 0 Å². The van der Waals surface area contributed by atoms with E-state index < -0.39 is 6.23 Å². The molecule has 12 heavy (non-hydrogen) atoms. The molecule has 0 spiro atoms. The highest BCUT2D eigenvalue weighted by molar-refractivity contribution is 5.16. The van der Waals surface area contributed by atoms with E-state index in [0.29, 0.717) is 6.04 Å². The second-order valence-corrected chi connectivity index (χ2v) is 3.13. The second kappa shape index (κ2) is 4.24. The summed E-state index contributed by atoms with van der Waals surface area (Å²) in [5, 5.41) is 12.6. The first kappa shape index (κ1) is 9.23. The van der Waals surface area contributed by atoms with Crippen LogP contribution in [-0.4, -0.2) is 11.1 Å². The van der Waals surface area contributed by atoms with Crippen molar-refractivity contribution in [3.05, 3.63) is 35.9 Å². The average molecular weight is 165 g/mol. The molecule has 1 aromatic carbocycles. The standard InChI is InChI=1S/C10H15NO/c1-8(2)11-10(12)9-6-4-3-5-7-9/h3-8,10-12H,1-2H3. The summed E-state index contributed by atoms with van der Waals surface area (Å²) >= 11 is 0. The molecule has 0 aromatic heterocycles. The lowest BCUT2D eigenvalue weighted by Crippen LogP contribution is -2.27. The number of aliphatic hydroxyl groups is 1. The first-order chi connectivity index (χ1) is 5.70. The topological polar surface area (TPSA) is 32.3 Å². The first-order valence-corrected chi connectivity index (χ1v) is 4.19. The number of rotatable bonds is 3. The van der Waals surface area contributed by atoms with Gasteiger partial charge in [0, 0.05) is 6.04 Å². The summed E-state index contributed by atoms with van der Waals surface area (Å²) in [5.74, 6) is 0. The Balaban J connectivity index is 2.59. The fourth-order valence-electron chi connectivity index (χ4n) is 1.05. The van der Waals surface area contributed by atoms with Gasteiger partial charge in [-0.2, -0.15) is 0 Å². The molecule has 1 rings (SSSR count). The number of benzene rings is 1. The highest BCUT2D eigenvalue weighted by atomic mass is 16.3. The van der Waals surface area contributed by atoms with Gasteiger partial charge in [-0.15, -0.1) is 0 Å². The molecule has 0 heterocycles. The third-order valence-corrected chi connectivity index (χ3v) is 1.61. The van der Waals surface area contributed by atoms with Crippen LogP contribution >= 0.6 is 0 Å². The minimum Gasteiger partial charge on any atom is -0.374 e. The van der Waals surface area contributed by atoms with Gasteiger partial charge in [0.1, 0.15) is 6.23 Å². The summed E-state index contributed by atoms with van der Waals surface area (Å²) in [4.78, 5) is 0. The largest absolute Gasteiger partial charge is 0.374 e. The van der Waals surface area contributed by atoms with Crippen LogP contribution in [0.5, 0.6) is 0 Å². The number of hydrogen-bond acceptors (Lipinski definition) is 2. The van der Waals surface area contributed by atoms with E-state index in [4.69, 9.17) is 0 Å². The van der Waals surface area contributed by atoms with E-state index in [1.165, 1.54) is 0 Å². The third-order valence-electron chi connectivity index (χ3n) is 1.61. The van der Waals surface area contributed by atoms with E-state index in [-0.39, 0.29) is 0 Å². The van der Waals surface area contributed by atoms with E-state index in [1.807, 2.05) is 44.2 Å². The molecule has 66 valence electrons. The molecule has 0 aliphatic heterocycles. The summed E-state index contributed by atoms with van der Waals surface area (Å²) in [6.07, 6.45) is -0.550. The molecule has 0 aliphatic rings. The number of nitrogens with one attached hydrogen (secondary N) is 1. The second-order valence-electron chi connectivity index (χ2n) is 3.13. The lowest BCUT2D eigenvalue weighted by molar-refractivity contribution is 0.129. The fraction of sp³-hybridized carbons (Fsp3) is 0.400.